The van der Waals surface area contributed by atoms with Crippen LogP contribution in [0.25, 0.3) is 20.5 Å². The molecular weight excluding hydrogens is 436 g/mol. The fraction of sp³-hybridized carbons (Fsp3) is 0.200. The minimum atomic E-state index is -0.371. The van der Waals surface area contributed by atoms with Crippen molar-refractivity contribution >= 4 is 28.6 Å². The summed E-state index contributed by atoms with van der Waals surface area (Å²) in [5.41, 5.74) is 0.883. The summed E-state index contributed by atoms with van der Waals surface area (Å²) < 4.78 is 2.38. The number of carbonyl (C=O) groups is 1. The topological polar surface area (TPSA) is 112 Å². The molecule has 0 aliphatic heterocycles. The van der Waals surface area contributed by atoms with Gasteiger partial charge < -0.3 is 5.32 Å². The van der Waals surface area contributed by atoms with Gasteiger partial charge in [-0.2, -0.15) is 10.2 Å². The van der Waals surface area contributed by atoms with Gasteiger partial charge in [-0.25, -0.2) is 14.3 Å². The average molecular weight is 455 g/mol. The lowest BCUT2D eigenvalue weighted by atomic mass is 10.3. The third-order valence-electron chi connectivity index (χ3n) is 4.35. The molecule has 9 nitrogen and oxygen atoms in total. The van der Waals surface area contributed by atoms with Crippen LogP contribution >= 0.6 is 22.7 Å². The highest BCUT2D eigenvalue weighted by molar-refractivity contribution is 7.23. The van der Waals surface area contributed by atoms with Crippen molar-refractivity contribution < 1.29 is 4.79 Å². The van der Waals surface area contributed by atoms with Crippen LogP contribution < -0.4 is 16.4 Å². The highest BCUT2D eigenvalue weighted by Gasteiger charge is 2.14. The van der Waals surface area contributed by atoms with Crippen LogP contribution in [0.5, 0.6) is 0 Å². The molecule has 4 aromatic heterocycles. The Morgan fingerprint density at radius 3 is 2.71 bits per heavy atom. The van der Waals surface area contributed by atoms with E-state index in [1.807, 2.05) is 24.4 Å². The molecule has 11 heteroatoms. The maximum atomic E-state index is 12.2. The summed E-state index contributed by atoms with van der Waals surface area (Å²) in [6.45, 7) is 2.12. The van der Waals surface area contributed by atoms with Gasteiger partial charge in [0.2, 0.25) is 5.91 Å². The lowest BCUT2D eigenvalue weighted by Gasteiger charge is -2.08. The smallest absolute Gasteiger partial charge is 0.267 e. The number of nitrogens with one attached hydrogen (secondary N) is 1. The maximum absolute atomic E-state index is 12.2. The van der Waals surface area contributed by atoms with Crippen molar-refractivity contribution in [2.24, 2.45) is 0 Å². The number of carbonyl (C=O) groups excluding carboxylic acids is 1. The maximum Gasteiger partial charge on any atom is 0.267 e. The van der Waals surface area contributed by atoms with E-state index in [9.17, 15) is 14.4 Å². The quantitative estimate of drug-likeness (QED) is 0.456. The molecular formula is C20H18N6O3S2. The Morgan fingerprint density at radius 2 is 1.94 bits per heavy atom. The number of aryl methyl sites for hydroxylation is 1. The van der Waals surface area contributed by atoms with Crippen LogP contribution in [0.15, 0.2) is 57.6 Å². The van der Waals surface area contributed by atoms with Gasteiger partial charge in [0.05, 0.1) is 22.0 Å². The second kappa shape index (κ2) is 9.14. The summed E-state index contributed by atoms with van der Waals surface area (Å²) in [5.74, 6) is -0.371. The summed E-state index contributed by atoms with van der Waals surface area (Å²) in [6.07, 6.45) is 1.44. The molecule has 158 valence electrons. The Balaban J connectivity index is 1.44. The van der Waals surface area contributed by atoms with Crippen LogP contribution in [0.3, 0.4) is 0 Å². The van der Waals surface area contributed by atoms with Crippen LogP contribution in [-0.2, 0) is 17.9 Å². The van der Waals surface area contributed by atoms with E-state index in [0.717, 1.165) is 25.1 Å². The fourth-order valence-corrected chi connectivity index (χ4v) is 4.70. The van der Waals surface area contributed by atoms with Crippen molar-refractivity contribution in [3.05, 3.63) is 74.4 Å². The molecule has 4 rings (SSSR count). The Morgan fingerprint density at radius 1 is 1.10 bits per heavy atom. The number of thiazole rings is 1. The van der Waals surface area contributed by atoms with Gasteiger partial charge in [0, 0.05) is 24.9 Å². The van der Waals surface area contributed by atoms with Crippen molar-refractivity contribution in [2.45, 2.75) is 20.0 Å². The first-order valence-electron chi connectivity index (χ1n) is 9.40. The molecule has 4 heterocycles. The van der Waals surface area contributed by atoms with E-state index >= 15 is 0 Å². The van der Waals surface area contributed by atoms with Crippen molar-refractivity contribution in [3.63, 3.8) is 0 Å². The normalized spacial score (nSPS) is 10.9. The number of rotatable bonds is 7. The molecule has 0 fully saturated rings. The van der Waals surface area contributed by atoms with Gasteiger partial charge in [0.1, 0.15) is 17.2 Å². The van der Waals surface area contributed by atoms with Crippen LogP contribution in [0.1, 0.15) is 5.69 Å². The van der Waals surface area contributed by atoms with Gasteiger partial charge in [-0.1, -0.05) is 6.07 Å². The van der Waals surface area contributed by atoms with E-state index in [2.05, 4.69) is 20.5 Å². The monoisotopic (exact) mass is 454 g/mol. The molecule has 0 unspecified atom stereocenters. The summed E-state index contributed by atoms with van der Waals surface area (Å²) in [4.78, 5) is 42.5. The lowest BCUT2D eigenvalue weighted by Crippen LogP contribution is -2.36. The standard InChI is InChI=1S/C20H18N6O3S2/c1-13-19(31-20(23-13)15-4-3-11-30-15)14-6-7-18(29)25(24-14)10-9-21-16(27)12-26-17(28)5-2-8-22-26/h2-8,11H,9-10,12H2,1H3,(H,21,27). The van der Waals surface area contributed by atoms with Crippen molar-refractivity contribution in [2.75, 3.05) is 6.54 Å². The van der Waals surface area contributed by atoms with E-state index in [0.29, 0.717) is 5.69 Å². The van der Waals surface area contributed by atoms with E-state index in [1.54, 1.807) is 17.4 Å². The molecule has 31 heavy (non-hydrogen) atoms. The lowest BCUT2D eigenvalue weighted by molar-refractivity contribution is -0.121. The largest absolute Gasteiger partial charge is 0.353 e. The number of hydrogen-bond acceptors (Lipinski definition) is 8. The molecule has 0 spiro atoms. The van der Waals surface area contributed by atoms with Gasteiger partial charge in [-0.05, 0) is 30.5 Å². The predicted molar refractivity (Wildman–Crippen MR) is 119 cm³/mol. The Hall–Kier alpha value is -3.44. The van der Waals surface area contributed by atoms with Crippen LogP contribution in [-0.4, -0.2) is 37.0 Å². The first-order chi connectivity index (χ1) is 15.0. The molecule has 1 amide bonds. The second-order valence-corrected chi connectivity index (χ2v) is 8.51. The minimum absolute atomic E-state index is 0.187. The fourth-order valence-electron chi connectivity index (χ4n) is 2.87. The van der Waals surface area contributed by atoms with Crippen molar-refractivity contribution in [1.82, 2.24) is 29.9 Å². The zero-order valence-electron chi connectivity index (χ0n) is 16.5. The molecule has 4 aromatic rings. The molecule has 0 saturated heterocycles. The van der Waals surface area contributed by atoms with E-state index < -0.39 is 0 Å². The van der Waals surface area contributed by atoms with Crippen molar-refractivity contribution in [3.8, 4) is 20.5 Å². The zero-order chi connectivity index (χ0) is 21.8. The molecule has 1 N–H and O–H groups in total. The number of hydrogen-bond donors (Lipinski definition) is 1. The zero-order valence-corrected chi connectivity index (χ0v) is 18.2. The molecule has 0 aliphatic rings. The molecule has 0 aromatic carbocycles. The highest BCUT2D eigenvalue weighted by Crippen LogP contribution is 2.35. The van der Waals surface area contributed by atoms with Gasteiger partial charge >= 0.3 is 0 Å². The van der Waals surface area contributed by atoms with E-state index in [1.165, 1.54) is 40.4 Å². The van der Waals surface area contributed by atoms with Gasteiger partial charge in [-0.3, -0.25) is 14.4 Å². The molecule has 0 atom stereocenters. The summed E-state index contributed by atoms with van der Waals surface area (Å²) >= 11 is 3.15. The minimum Gasteiger partial charge on any atom is -0.353 e. The SMILES string of the molecule is Cc1nc(-c2cccs2)sc1-c1ccc(=O)n(CCNC(=O)Cn2ncccc2=O)n1. The average Bonchev–Trinajstić information content (AvgIpc) is 3.41. The number of thiophene rings is 1. The van der Waals surface area contributed by atoms with Gasteiger partial charge in [0.15, 0.2) is 0 Å². The summed E-state index contributed by atoms with van der Waals surface area (Å²) in [7, 11) is 0. The molecule has 0 saturated carbocycles. The Kier molecular flexibility index (Phi) is 6.14. The number of aromatic nitrogens is 5. The van der Waals surface area contributed by atoms with E-state index in [4.69, 9.17) is 0 Å². The first kappa shape index (κ1) is 20.8. The van der Waals surface area contributed by atoms with Gasteiger partial charge in [-0.15, -0.1) is 22.7 Å². The second-order valence-electron chi connectivity index (χ2n) is 6.56. The van der Waals surface area contributed by atoms with Crippen LogP contribution in [0, 0.1) is 6.92 Å². The third-order valence-corrected chi connectivity index (χ3v) is 6.57. The predicted octanol–water partition coefficient (Wildman–Crippen LogP) is 1.78. The van der Waals surface area contributed by atoms with Crippen molar-refractivity contribution in [1.29, 1.82) is 0 Å². The molecule has 0 aliphatic carbocycles. The Labute approximate surface area is 184 Å². The van der Waals surface area contributed by atoms with Crippen LogP contribution in [0.2, 0.25) is 0 Å². The summed E-state index contributed by atoms with van der Waals surface area (Å²) in [6, 6.07) is 9.98. The van der Waals surface area contributed by atoms with E-state index in [-0.39, 0.29) is 36.7 Å². The first-order valence-corrected chi connectivity index (χ1v) is 11.1. The molecule has 0 bridgehead atoms. The number of amides is 1. The third kappa shape index (κ3) is 4.84. The van der Waals surface area contributed by atoms with Gasteiger partial charge in [0.25, 0.3) is 11.1 Å². The summed E-state index contributed by atoms with van der Waals surface area (Å²) in [5, 5.41) is 13.9. The molecule has 0 radical (unpaired) electrons. The van der Waals surface area contributed by atoms with Crippen LogP contribution in [0.4, 0.5) is 0 Å². The Bertz CT molecular complexity index is 1320. The number of nitrogens with zero attached hydrogens (tertiary/aromatic N) is 5. The highest BCUT2D eigenvalue weighted by atomic mass is 32.1.